The first-order chi connectivity index (χ1) is 9.27. The number of benzene rings is 1. The van der Waals surface area contributed by atoms with Gasteiger partial charge in [0.15, 0.2) is 0 Å². The van der Waals surface area contributed by atoms with Crippen molar-refractivity contribution in [3.05, 3.63) is 35.4 Å². The van der Waals surface area contributed by atoms with Crippen molar-refractivity contribution in [1.29, 1.82) is 0 Å². The predicted molar refractivity (Wildman–Crippen MR) is 87.9 cm³/mol. The Morgan fingerprint density at radius 3 is 2.55 bits per heavy atom. The average Bonchev–Trinajstić information content (AvgIpc) is 2.36. The van der Waals surface area contributed by atoms with E-state index < -0.39 is 18.1 Å². The van der Waals surface area contributed by atoms with E-state index in [0.717, 1.165) is 36.6 Å². The van der Waals surface area contributed by atoms with Gasteiger partial charge >= 0.3 is 0 Å². The van der Waals surface area contributed by atoms with E-state index in [4.69, 9.17) is 0 Å². The lowest BCUT2D eigenvalue weighted by atomic mass is 9.90. The molecule has 0 saturated carbocycles. The highest BCUT2D eigenvalue weighted by Gasteiger charge is 2.21. The molecule has 2 rings (SSSR count). The van der Waals surface area contributed by atoms with Gasteiger partial charge in [-0.2, -0.15) is 4.40 Å². The summed E-state index contributed by atoms with van der Waals surface area (Å²) in [7, 11) is -4.69. The van der Waals surface area contributed by atoms with Crippen LogP contribution in [0.3, 0.4) is 0 Å². The molecule has 110 valence electrons. The van der Waals surface area contributed by atoms with E-state index in [1.165, 1.54) is 5.56 Å². The highest BCUT2D eigenvalue weighted by atomic mass is 32.2. The molecule has 1 aromatic rings. The Labute approximate surface area is 123 Å². The van der Waals surface area contributed by atoms with Gasteiger partial charge in [0.1, 0.15) is 0 Å². The summed E-state index contributed by atoms with van der Waals surface area (Å²) in [6, 6.07) is 8.78. The van der Waals surface area contributed by atoms with Crippen LogP contribution in [0.5, 0.6) is 0 Å². The maximum atomic E-state index is 12.2. The van der Waals surface area contributed by atoms with E-state index in [9.17, 15) is 8.42 Å². The number of fused-ring (bicyclic) bond motifs is 1. The van der Waals surface area contributed by atoms with Crippen LogP contribution in [0.1, 0.15) is 24.0 Å². The summed E-state index contributed by atoms with van der Waals surface area (Å²) in [5, 5.41) is 0. The second-order valence-corrected chi connectivity index (χ2v) is 14.0. The van der Waals surface area contributed by atoms with Crippen molar-refractivity contribution in [2.75, 3.05) is 5.75 Å². The van der Waals surface area contributed by atoms with Crippen molar-refractivity contribution in [1.82, 2.24) is 0 Å². The molecule has 0 heterocycles. The molecule has 0 unspecified atom stereocenters. The lowest BCUT2D eigenvalue weighted by molar-refractivity contribution is 0.598. The third-order valence-electron chi connectivity index (χ3n) is 3.55. The second kappa shape index (κ2) is 5.82. The molecule has 0 amide bonds. The van der Waals surface area contributed by atoms with E-state index in [2.05, 4.69) is 30.1 Å². The molecule has 0 N–H and O–H groups in total. The minimum atomic E-state index is -3.33. The van der Waals surface area contributed by atoms with Crippen LogP contribution < -0.4 is 0 Å². The molecule has 1 aromatic carbocycles. The zero-order valence-corrected chi connectivity index (χ0v) is 14.3. The van der Waals surface area contributed by atoms with Crippen molar-refractivity contribution in [2.45, 2.75) is 44.9 Å². The Bertz CT molecular complexity index is 615. The Hall–Kier alpha value is -0.943. The second-order valence-electron chi connectivity index (χ2n) is 6.65. The van der Waals surface area contributed by atoms with Gasteiger partial charge in [-0.25, -0.2) is 8.42 Å². The number of aryl methyl sites for hydroxylation is 1. The molecule has 0 aromatic heterocycles. The Morgan fingerprint density at radius 2 is 1.85 bits per heavy atom. The third kappa shape index (κ3) is 4.28. The molecule has 3 nitrogen and oxygen atoms in total. The molecular weight excluding hydrogens is 286 g/mol. The van der Waals surface area contributed by atoms with Crippen molar-refractivity contribution in [3.63, 3.8) is 0 Å². The molecule has 5 heteroatoms. The molecule has 1 aliphatic carbocycles. The van der Waals surface area contributed by atoms with Crippen LogP contribution in [0.25, 0.3) is 0 Å². The van der Waals surface area contributed by atoms with Crippen LogP contribution >= 0.6 is 0 Å². The minimum Gasteiger partial charge on any atom is -0.205 e. The maximum absolute atomic E-state index is 12.2. The fourth-order valence-corrected chi connectivity index (χ4v) is 6.44. The van der Waals surface area contributed by atoms with Crippen LogP contribution in [-0.2, 0) is 16.4 Å². The van der Waals surface area contributed by atoms with Gasteiger partial charge in [0.05, 0.1) is 11.5 Å². The largest absolute Gasteiger partial charge is 0.253 e. The summed E-state index contributed by atoms with van der Waals surface area (Å²) in [6.07, 6.45) is 2.77. The van der Waals surface area contributed by atoms with Gasteiger partial charge in [-0.05, 0) is 36.4 Å². The van der Waals surface area contributed by atoms with Gasteiger partial charge < -0.3 is 0 Å². The van der Waals surface area contributed by atoms with Gasteiger partial charge in [-0.3, -0.25) is 0 Å². The van der Waals surface area contributed by atoms with Crippen LogP contribution in [0, 0.1) is 0 Å². The van der Waals surface area contributed by atoms with Crippen molar-refractivity contribution in [3.8, 4) is 0 Å². The number of rotatable bonds is 4. The molecule has 0 aliphatic heterocycles. The highest BCUT2D eigenvalue weighted by Crippen LogP contribution is 2.22. The van der Waals surface area contributed by atoms with E-state index >= 15 is 0 Å². The summed E-state index contributed by atoms with van der Waals surface area (Å²) in [5.41, 5.74) is 3.00. The molecule has 0 bridgehead atoms. The topological polar surface area (TPSA) is 46.5 Å². The van der Waals surface area contributed by atoms with Crippen molar-refractivity contribution >= 4 is 23.8 Å². The lowest BCUT2D eigenvalue weighted by Gasteiger charge is -2.18. The fourth-order valence-electron chi connectivity index (χ4n) is 2.34. The number of hydrogen-bond acceptors (Lipinski definition) is 2. The maximum Gasteiger partial charge on any atom is 0.253 e. The van der Waals surface area contributed by atoms with Crippen LogP contribution in [0.2, 0.25) is 25.7 Å². The average molecular weight is 310 g/mol. The number of hydrogen-bond donors (Lipinski definition) is 0. The van der Waals surface area contributed by atoms with Gasteiger partial charge in [-0.15, -0.1) is 0 Å². The molecule has 1 aliphatic rings. The summed E-state index contributed by atoms with van der Waals surface area (Å²) in [5.74, 6) is 0.189. The molecule has 0 spiro atoms. The van der Waals surface area contributed by atoms with Gasteiger partial charge in [0.2, 0.25) is 0 Å². The summed E-state index contributed by atoms with van der Waals surface area (Å²) in [6.45, 7) is 6.56. The van der Waals surface area contributed by atoms with E-state index in [0.29, 0.717) is 0 Å². The molecule has 0 radical (unpaired) electrons. The monoisotopic (exact) mass is 309 g/mol. The van der Waals surface area contributed by atoms with E-state index in [1.807, 2.05) is 18.2 Å². The Balaban J connectivity index is 2.23. The van der Waals surface area contributed by atoms with Crippen molar-refractivity contribution in [2.24, 2.45) is 4.40 Å². The van der Waals surface area contributed by atoms with Crippen molar-refractivity contribution < 1.29 is 8.42 Å². The summed E-state index contributed by atoms with van der Waals surface area (Å²) >= 11 is 0. The minimum absolute atomic E-state index is 0.189. The molecule has 0 fully saturated rings. The zero-order valence-electron chi connectivity index (χ0n) is 12.5. The molecule has 20 heavy (non-hydrogen) atoms. The summed E-state index contributed by atoms with van der Waals surface area (Å²) < 4.78 is 28.5. The van der Waals surface area contributed by atoms with Gasteiger partial charge in [0, 0.05) is 8.07 Å². The third-order valence-corrected chi connectivity index (χ3v) is 6.88. The lowest BCUT2D eigenvalue weighted by Crippen LogP contribution is -2.24. The normalized spacial score (nSPS) is 18.1. The quantitative estimate of drug-likeness (QED) is 0.799. The first kappa shape index (κ1) is 15.4. The Kier molecular flexibility index (Phi) is 4.49. The molecular formula is C15H23NO2SSi. The van der Waals surface area contributed by atoms with Crippen LogP contribution in [-0.4, -0.2) is 28.0 Å². The molecule has 0 atom stereocenters. The van der Waals surface area contributed by atoms with Gasteiger partial charge in [-0.1, -0.05) is 43.9 Å². The first-order valence-corrected chi connectivity index (χ1v) is 12.5. The SMILES string of the molecule is C[Si](C)(C)CCS(=O)(=O)/N=C1\CCCc2ccccc21. The summed E-state index contributed by atoms with van der Waals surface area (Å²) in [4.78, 5) is 0. The standard InChI is InChI=1S/C15H23NO2SSi/c1-20(2,3)12-11-19(17,18)16-15-10-6-8-13-7-4-5-9-14(13)15/h4-5,7,9H,6,8,10-12H2,1-3H3/b16-15+. The molecule has 0 saturated heterocycles. The highest BCUT2D eigenvalue weighted by molar-refractivity contribution is 7.90. The van der Waals surface area contributed by atoms with Crippen LogP contribution in [0.15, 0.2) is 28.7 Å². The zero-order chi connectivity index (χ0) is 14.8. The van der Waals surface area contributed by atoms with Gasteiger partial charge in [0.25, 0.3) is 10.0 Å². The predicted octanol–water partition coefficient (Wildman–Crippen LogP) is 3.48. The number of nitrogens with zero attached hydrogens (tertiary/aromatic N) is 1. The fraction of sp³-hybridized carbons (Fsp3) is 0.533. The Morgan fingerprint density at radius 1 is 1.15 bits per heavy atom. The van der Waals surface area contributed by atoms with E-state index in [-0.39, 0.29) is 5.75 Å². The van der Waals surface area contributed by atoms with E-state index in [1.54, 1.807) is 0 Å². The number of sulfonamides is 1. The first-order valence-electron chi connectivity index (χ1n) is 7.17. The van der Waals surface area contributed by atoms with Crippen LogP contribution in [0.4, 0.5) is 0 Å². The smallest absolute Gasteiger partial charge is 0.205 e.